The summed E-state index contributed by atoms with van der Waals surface area (Å²) >= 11 is 0. The smallest absolute Gasteiger partial charge is 0.118 e. The predicted octanol–water partition coefficient (Wildman–Crippen LogP) is 4.96. The molecule has 0 N–H and O–H groups in total. The van der Waals surface area contributed by atoms with Crippen molar-refractivity contribution in [3.63, 3.8) is 0 Å². The van der Waals surface area contributed by atoms with Crippen LogP contribution in [0.5, 0.6) is 5.75 Å². The summed E-state index contributed by atoms with van der Waals surface area (Å²) in [5.74, 6) is 0.897. The molecule has 2 aromatic heterocycles. The Bertz CT molecular complexity index is 725. The first-order valence-corrected chi connectivity index (χ1v) is 7.57. The van der Waals surface area contributed by atoms with Crippen LogP contribution < -0.4 is 4.74 Å². The van der Waals surface area contributed by atoms with E-state index in [-0.39, 0.29) is 0 Å². The van der Waals surface area contributed by atoms with Crippen molar-refractivity contribution in [1.29, 1.82) is 0 Å². The maximum atomic E-state index is 5.25. The lowest BCUT2D eigenvalue weighted by Gasteiger charge is -2.03. The van der Waals surface area contributed by atoms with Gasteiger partial charge in [0.25, 0.3) is 0 Å². The Kier molecular flexibility index (Phi) is 3.96. The van der Waals surface area contributed by atoms with Gasteiger partial charge in [-0.25, -0.2) is 0 Å². The number of unbranched alkanes of at least 4 members (excludes halogenated alkanes) is 1. The minimum absolute atomic E-state index is 0.897. The van der Waals surface area contributed by atoms with Crippen LogP contribution >= 0.6 is 0 Å². The highest BCUT2D eigenvalue weighted by molar-refractivity contribution is 5.82. The summed E-state index contributed by atoms with van der Waals surface area (Å²) < 4.78 is 7.56. The topological polar surface area (TPSA) is 13.6 Å². The lowest BCUT2D eigenvalue weighted by Crippen LogP contribution is -1.91. The van der Waals surface area contributed by atoms with Crippen LogP contribution in [0.1, 0.15) is 25.5 Å². The van der Waals surface area contributed by atoms with Gasteiger partial charge < -0.3 is 9.14 Å². The third-order valence-electron chi connectivity index (χ3n) is 3.94. The summed E-state index contributed by atoms with van der Waals surface area (Å²) in [6.07, 6.45) is 5.73. The van der Waals surface area contributed by atoms with Gasteiger partial charge in [0.1, 0.15) is 5.75 Å². The molecule has 0 spiro atoms. The number of nitrogens with zero attached hydrogens (tertiary/aromatic N) is 1. The molecule has 2 nitrogen and oxygen atoms in total. The van der Waals surface area contributed by atoms with Gasteiger partial charge in [0.15, 0.2) is 0 Å². The van der Waals surface area contributed by atoms with Gasteiger partial charge in [0.2, 0.25) is 0 Å². The Hall–Kier alpha value is -2.22. The maximum Gasteiger partial charge on any atom is 0.118 e. The average Bonchev–Trinajstić information content (AvgIpc) is 2.92. The van der Waals surface area contributed by atoms with E-state index < -0.39 is 0 Å². The predicted molar refractivity (Wildman–Crippen MR) is 88.0 cm³/mol. The second kappa shape index (κ2) is 6.04. The van der Waals surface area contributed by atoms with Crippen molar-refractivity contribution in [2.75, 3.05) is 7.11 Å². The lowest BCUT2D eigenvalue weighted by atomic mass is 10.1. The van der Waals surface area contributed by atoms with Gasteiger partial charge in [0, 0.05) is 17.5 Å². The fourth-order valence-electron chi connectivity index (χ4n) is 2.78. The molecule has 0 radical (unpaired) electrons. The SMILES string of the molecule is CCCCc1cc(-c2ccc(OC)cc2)c2ccccn12. The van der Waals surface area contributed by atoms with Crippen molar-refractivity contribution in [1.82, 2.24) is 4.40 Å². The van der Waals surface area contributed by atoms with Crippen molar-refractivity contribution in [2.45, 2.75) is 26.2 Å². The molecule has 3 aromatic rings. The minimum atomic E-state index is 0.897. The first-order chi connectivity index (χ1) is 10.3. The molecule has 0 aliphatic carbocycles. The molecule has 0 amide bonds. The van der Waals surface area contributed by atoms with E-state index in [2.05, 4.69) is 53.9 Å². The van der Waals surface area contributed by atoms with Crippen LogP contribution in [0.15, 0.2) is 54.7 Å². The molecule has 0 saturated heterocycles. The number of benzene rings is 1. The van der Waals surface area contributed by atoms with Gasteiger partial charge in [0.05, 0.1) is 12.6 Å². The summed E-state index contributed by atoms with van der Waals surface area (Å²) in [5, 5.41) is 0. The average molecular weight is 279 g/mol. The highest BCUT2D eigenvalue weighted by Gasteiger charge is 2.10. The van der Waals surface area contributed by atoms with Gasteiger partial charge in [-0.3, -0.25) is 0 Å². The second-order valence-corrected chi connectivity index (χ2v) is 5.34. The van der Waals surface area contributed by atoms with Crippen molar-refractivity contribution >= 4 is 5.52 Å². The van der Waals surface area contributed by atoms with Crippen LogP contribution in [0.2, 0.25) is 0 Å². The number of aryl methyl sites for hydroxylation is 1. The molecule has 2 heterocycles. The van der Waals surface area contributed by atoms with Gasteiger partial charge in [-0.1, -0.05) is 31.5 Å². The number of fused-ring (bicyclic) bond motifs is 1. The number of ether oxygens (including phenoxy) is 1. The maximum absolute atomic E-state index is 5.25. The van der Waals surface area contributed by atoms with Crippen molar-refractivity contribution < 1.29 is 4.74 Å². The van der Waals surface area contributed by atoms with E-state index in [0.717, 1.165) is 12.2 Å². The Balaban J connectivity index is 2.08. The Morgan fingerprint density at radius 2 is 1.86 bits per heavy atom. The summed E-state index contributed by atoms with van der Waals surface area (Å²) in [5.41, 5.74) is 5.19. The molecule has 2 heteroatoms. The molecule has 0 saturated carbocycles. The van der Waals surface area contributed by atoms with Crippen LogP contribution in [0, 0.1) is 0 Å². The monoisotopic (exact) mass is 279 g/mol. The molecule has 0 unspecified atom stereocenters. The zero-order valence-electron chi connectivity index (χ0n) is 12.7. The van der Waals surface area contributed by atoms with E-state index in [1.54, 1.807) is 7.11 Å². The normalized spacial score (nSPS) is 11.0. The third kappa shape index (κ3) is 2.66. The Morgan fingerprint density at radius 1 is 1.05 bits per heavy atom. The highest BCUT2D eigenvalue weighted by atomic mass is 16.5. The summed E-state index contributed by atoms with van der Waals surface area (Å²) in [6, 6.07) is 17.0. The molecule has 0 fully saturated rings. The summed E-state index contributed by atoms with van der Waals surface area (Å²) in [4.78, 5) is 0. The molecule has 3 rings (SSSR count). The van der Waals surface area contributed by atoms with Crippen molar-refractivity contribution in [2.24, 2.45) is 0 Å². The van der Waals surface area contributed by atoms with E-state index in [1.807, 2.05) is 12.1 Å². The molecular formula is C19H21NO. The second-order valence-electron chi connectivity index (χ2n) is 5.34. The molecule has 0 atom stereocenters. The first-order valence-electron chi connectivity index (χ1n) is 7.57. The van der Waals surface area contributed by atoms with E-state index in [1.165, 1.54) is 35.2 Å². The quantitative estimate of drug-likeness (QED) is 0.643. The largest absolute Gasteiger partial charge is 0.497 e. The van der Waals surface area contributed by atoms with Gasteiger partial charge in [-0.2, -0.15) is 0 Å². The number of hydrogen-bond donors (Lipinski definition) is 0. The fourth-order valence-corrected chi connectivity index (χ4v) is 2.78. The number of pyridine rings is 1. The zero-order chi connectivity index (χ0) is 14.7. The van der Waals surface area contributed by atoms with Gasteiger partial charge >= 0.3 is 0 Å². The molecule has 21 heavy (non-hydrogen) atoms. The number of aromatic nitrogens is 1. The van der Waals surface area contributed by atoms with Crippen LogP contribution in [0.3, 0.4) is 0 Å². The van der Waals surface area contributed by atoms with Crippen LogP contribution in [-0.4, -0.2) is 11.5 Å². The van der Waals surface area contributed by atoms with Crippen molar-refractivity contribution in [3.05, 3.63) is 60.4 Å². The van der Waals surface area contributed by atoms with E-state index in [9.17, 15) is 0 Å². The molecular weight excluding hydrogens is 258 g/mol. The van der Waals surface area contributed by atoms with E-state index in [0.29, 0.717) is 0 Å². The third-order valence-corrected chi connectivity index (χ3v) is 3.94. The molecule has 0 bridgehead atoms. The van der Waals surface area contributed by atoms with Crippen LogP contribution in [0.25, 0.3) is 16.6 Å². The van der Waals surface area contributed by atoms with E-state index in [4.69, 9.17) is 4.74 Å². The standard InChI is InChI=1S/C19H21NO/c1-3-4-7-16-14-18(19-8-5-6-13-20(16)19)15-9-11-17(21-2)12-10-15/h5-6,8-14H,3-4,7H2,1-2H3. The Labute approximate surface area is 126 Å². The number of methoxy groups -OCH3 is 1. The number of rotatable bonds is 5. The lowest BCUT2D eigenvalue weighted by molar-refractivity contribution is 0.415. The first kappa shape index (κ1) is 13.7. The Morgan fingerprint density at radius 3 is 2.57 bits per heavy atom. The molecule has 0 aliphatic rings. The van der Waals surface area contributed by atoms with Gasteiger partial charge in [-0.15, -0.1) is 0 Å². The molecule has 108 valence electrons. The molecule has 1 aromatic carbocycles. The summed E-state index contributed by atoms with van der Waals surface area (Å²) in [6.45, 7) is 2.24. The highest BCUT2D eigenvalue weighted by Crippen LogP contribution is 2.30. The fraction of sp³-hybridized carbons (Fsp3) is 0.263. The van der Waals surface area contributed by atoms with E-state index >= 15 is 0 Å². The summed E-state index contributed by atoms with van der Waals surface area (Å²) in [7, 11) is 1.70. The zero-order valence-corrected chi connectivity index (χ0v) is 12.7. The van der Waals surface area contributed by atoms with Crippen LogP contribution in [0.4, 0.5) is 0 Å². The number of hydrogen-bond acceptors (Lipinski definition) is 1. The van der Waals surface area contributed by atoms with Gasteiger partial charge in [-0.05, 0) is 48.7 Å². The minimum Gasteiger partial charge on any atom is -0.497 e. The van der Waals surface area contributed by atoms with Crippen molar-refractivity contribution in [3.8, 4) is 16.9 Å². The molecule has 0 aliphatic heterocycles. The van der Waals surface area contributed by atoms with Crippen LogP contribution in [-0.2, 0) is 6.42 Å².